The minimum Gasteiger partial charge on any atom is -0.508 e. The standard InChI is InChI=1S/C26H32N6O8/c27-19(10-17-6-8-18(33)9-7-17)25(39)30-14-23(36)32-20(11-16-4-2-1-3-5-16)26(40)31-13-22(35)28-12-21(34)29-15-24(37)38/h1-9,19-20,33H,10-15,27H2,(H,28,35)(H,29,34)(H,30,39)(H,31,40)(H,32,36)(H,37,38)/t19-,20+/m1/s1. The first-order valence-electron chi connectivity index (χ1n) is 12.2. The molecule has 0 saturated carbocycles. The Morgan fingerprint density at radius 2 is 1.18 bits per heavy atom. The zero-order chi connectivity index (χ0) is 29.5. The number of nitrogens with one attached hydrogen (secondary N) is 5. The van der Waals surface area contributed by atoms with E-state index in [1.807, 2.05) is 0 Å². The highest BCUT2D eigenvalue weighted by Crippen LogP contribution is 2.11. The predicted octanol–water partition coefficient (Wildman–Crippen LogP) is -2.46. The van der Waals surface area contributed by atoms with E-state index in [2.05, 4.69) is 26.6 Å². The number of benzene rings is 2. The van der Waals surface area contributed by atoms with Gasteiger partial charge < -0.3 is 42.5 Å². The van der Waals surface area contributed by atoms with Crippen molar-refractivity contribution in [1.29, 1.82) is 0 Å². The lowest BCUT2D eigenvalue weighted by atomic mass is 10.0. The smallest absolute Gasteiger partial charge is 0.322 e. The molecule has 40 heavy (non-hydrogen) atoms. The van der Waals surface area contributed by atoms with Gasteiger partial charge in [0.2, 0.25) is 29.5 Å². The van der Waals surface area contributed by atoms with Crippen LogP contribution in [0, 0.1) is 0 Å². The summed E-state index contributed by atoms with van der Waals surface area (Å²) >= 11 is 0. The molecule has 0 unspecified atom stereocenters. The molecule has 0 spiro atoms. The number of carboxylic acid groups (broad SMARTS) is 1. The first-order valence-corrected chi connectivity index (χ1v) is 12.2. The van der Waals surface area contributed by atoms with E-state index in [0.29, 0.717) is 0 Å². The van der Waals surface area contributed by atoms with E-state index in [1.54, 1.807) is 42.5 Å². The fourth-order valence-corrected chi connectivity index (χ4v) is 3.35. The van der Waals surface area contributed by atoms with Gasteiger partial charge in [-0.05, 0) is 29.7 Å². The molecule has 0 aromatic heterocycles. The lowest BCUT2D eigenvalue weighted by Crippen LogP contribution is -2.53. The fraction of sp³-hybridized carbons (Fsp3) is 0.308. The van der Waals surface area contributed by atoms with Crippen LogP contribution >= 0.6 is 0 Å². The third-order valence-electron chi connectivity index (χ3n) is 5.39. The molecule has 0 bridgehead atoms. The third kappa shape index (κ3) is 12.0. The van der Waals surface area contributed by atoms with Gasteiger partial charge in [-0.2, -0.15) is 0 Å². The van der Waals surface area contributed by atoms with Crippen LogP contribution in [0.3, 0.4) is 0 Å². The predicted molar refractivity (Wildman–Crippen MR) is 142 cm³/mol. The Balaban J connectivity index is 1.87. The molecule has 5 amide bonds. The molecule has 0 heterocycles. The average Bonchev–Trinajstić information content (AvgIpc) is 2.93. The van der Waals surface area contributed by atoms with E-state index >= 15 is 0 Å². The SMILES string of the molecule is N[C@H](Cc1ccc(O)cc1)C(=O)NCC(=O)N[C@@H](Cc1ccccc1)C(=O)NCC(=O)NCC(=O)NCC(=O)O. The summed E-state index contributed by atoms with van der Waals surface area (Å²) in [4.78, 5) is 71.7. The number of hydrogen-bond acceptors (Lipinski definition) is 8. The molecule has 2 atom stereocenters. The molecule has 0 saturated heterocycles. The van der Waals surface area contributed by atoms with Gasteiger partial charge in [0.15, 0.2) is 0 Å². The van der Waals surface area contributed by atoms with Crippen molar-refractivity contribution >= 4 is 35.5 Å². The highest BCUT2D eigenvalue weighted by molar-refractivity contribution is 5.93. The Morgan fingerprint density at radius 3 is 1.80 bits per heavy atom. The Kier molecular flexibility index (Phi) is 12.6. The summed E-state index contributed by atoms with van der Waals surface area (Å²) in [7, 11) is 0. The van der Waals surface area contributed by atoms with Crippen molar-refractivity contribution in [2.24, 2.45) is 5.73 Å². The Bertz CT molecular complexity index is 1190. The normalized spacial score (nSPS) is 11.8. The van der Waals surface area contributed by atoms with Gasteiger partial charge in [-0.1, -0.05) is 42.5 Å². The number of phenolic OH excluding ortho intramolecular Hbond substituents is 1. The molecule has 2 aromatic rings. The van der Waals surface area contributed by atoms with E-state index in [0.717, 1.165) is 11.1 Å². The van der Waals surface area contributed by atoms with Gasteiger partial charge >= 0.3 is 5.97 Å². The van der Waals surface area contributed by atoms with Crippen LogP contribution in [0.25, 0.3) is 0 Å². The Morgan fingerprint density at radius 1 is 0.650 bits per heavy atom. The first kappa shape index (κ1) is 31.2. The maximum absolute atomic E-state index is 12.8. The molecule has 0 aliphatic carbocycles. The van der Waals surface area contributed by atoms with Crippen LogP contribution < -0.4 is 32.3 Å². The summed E-state index contributed by atoms with van der Waals surface area (Å²) in [6, 6.07) is 12.9. The highest BCUT2D eigenvalue weighted by atomic mass is 16.4. The summed E-state index contributed by atoms with van der Waals surface area (Å²) in [5.74, 6) is -4.53. The third-order valence-corrected chi connectivity index (χ3v) is 5.39. The summed E-state index contributed by atoms with van der Waals surface area (Å²) in [5.41, 5.74) is 7.35. The zero-order valence-corrected chi connectivity index (χ0v) is 21.5. The lowest BCUT2D eigenvalue weighted by molar-refractivity contribution is -0.137. The van der Waals surface area contributed by atoms with Gasteiger partial charge in [0, 0.05) is 6.42 Å². The first-order chi connectivity index (χ1) is 19.0. The second-order valence-corrected chi connectivity index (χ2v) is 8.67. The molecular formula is C26H32N6O8. The number of hydrogen-bond donors (Lipinski definition) is 8. The van der Waals surface area contributed by atoms with Gasteiger partial charge in [-0.15, -0.1) is 0 Å². The van der Waals surface area contributed by atoms with Gasteiger partial charge in [0.1, 0.15) is 18.3 Å². The van der Waals surface area contributed by atoms with Crippen LogP contribution in [0.1, 0.15) is 11.1 Å². The van der Waals surface area contributed by atoms with Crippen molar-refractivity contribution < 1.29 is 39.0 Å². The molecule has 214 valence electrons. The summed E-state index contributed by atoms with van der Waals surface area (Å²) in [6.45, 7) is -2.04. The van der Waals surface area contributed by atoms with Crippen LogP contribution in [0.5, 0.6) is 5.75 Å². The van der Waals surface area contributed by atoms with Gasteiger partial charge in [-0.3, -0.25) is 28.8 Å². The maximum atomic E-state index is 12.8. The van der Waals surface area contributed by atoms with Crippen LogP contribution in [0.2, 0.25) is 0 Å². The lowest BCUT2D eigenvalue weighted by Gasteiger charge is -2.19. The monoisotopic (exact) mass is 556 g/mol. The van der Waals surface area contributed by atoms with E-state index in [9.17, 15) is 33.9 Å². The molecule has 2 rings (SSSR count). The van der Waals surface area contributed by atoms with Crippen molar-refractivity contribution in [3.8, 4) is 5.75 Å². The topological polar surface area (TPSA) is 229 Å². The second kappa shape index (κ2) is 16.1. The van der Waals surface area contributed by atoms with Crippen LogP contribution in [0.15, 0.2) is 54.6 Å². The number of phenols is 1. The molecule has 0 radical (unpaired) electrons. The van der Waals surface area contributed by atoms with Crippen molar-refractivity contribution in [1.82, 2.24) is 26.6 Å². The summed E-state index contributed by atoms with van der Waals surface area (Å²) in [6.07, 6.45) is 0.266. The second-order valence-electron chi connectivity index (χ2n) is 8.67. The minimum absolute atomic E-state index is 0.0774. The largest absolute Gasteiger partial charge is 0.508 e. The van der Waals surface area contributed by atoms with Crippen molar-refractivity contribution in [2.45, 2.75) is 24.9 Å². The number of carbonyl (C=O) groups is 6. The number of rotatable bonds is 15. The molecular weight excluding hydrogens is 524 g/mol. The quantitative estimate of drug-likeness (QED) is 0.116. The average molecular weight is 557 g/mol. The van der Waals surface area contributed by atoms with E-state index < -0.39 is 73.8 Å². The maximum Gasteiger partial charge on any atom is 0.322 e. The zero-order valence-electron chi connectivity index (χ0n) is 21.5. The van der Waals surface area contributed by atoms with Gasteiger partial charge in [-0.25, -0.2) is 0 Å². The van der Waals surface area contributed by atoms with E-state index in [1.165, 1.54) is 12.1 Å². The van der Waals surface area contributed by atoms with Crippen LogP contribution in [-0.4, -0.2) is 84.0 Å². The van der Waals surface area contributed by atoms with Gasteiger partial charge in [0.25, 0.3) is 0 Å². The van der Waals surface area contributed by atoms with Crippen LogP contribution in [0.4, 0.5) is 0 Å². The summed E-state index contributed by atoms with van der Waals surface area (Å²) < 4.78 is 0. The molecule has 0 aliphatic heterocycles. The van der Waals surface area contributed by atoms with E-state index in [4.69, 9.17) is 10.8 Å². The number of nitrogens with two attached hydrogens (primary N) is 1. The van der Waals surface area contributed by atoms with E-state index in [-0.39, 0.29) is 18.6 Å². The number of aliphatic carboxylic acids is 1. The minimum atomic E-state index is -1.24. The van der Waals surface area contributed by atoms with Crippen molar-refractivity contribution in [3.63, 3.8) is 0 Å². The number of carboxylic acids is 1. The Hall–Kier alpha value is -4.98. The number of amides is 5. The molecule has 9 N–H and O–H groups in total. The Labute approximate surface area is 229 Å². The highest BCUT2D eigenvalue weighted by Gasteiger charge is 2.23. The molecule has 2 aromatic carbocycles. The molecule has 14 nitrogen and oxygen atoms in total. The molecule has 0 fully saturated rings. The van der Waals surface area contributed by atoms with Gasteiger partial charge in [0.05, 0.1) is 25.7 Å². The molecule has 0 aliphatic rings. The summed E-state index contributed by atoms with van der Waals surface area (Å²) in [5, 5.41) is 29.5. The number of carbonyl (C=O) groups excluding carboxylic acids is 5. The van der Waals surface area contributed by atoms with Crippen molar-refractivity contribution in [3.05, 3.63) is 65.7 Å². The van der Waals surface area contributed by atoms with Crippen molar-refractivity contribution in [2.75, 3.05) is 26.2 Å². The number of aromatic hydroxyl groups is 1. The van der Waals surface area contributed by atoms with Crippen LogP contribution in [-0.2, 0) is 41.6 Å². The molecule has 14 heteroatoms. The fourth-order valence-electron chi connectivity index (χ4n) is 3.35.